The van der Waals surface area contributed by atoms with Gasteiger partial charge in [0.15, 0.2) is 5.67 Å². The molecule has 1 unspecified atom stereocenters. The summed E-state index contributed by atoms with van der Waals surface area (Å²) >= 11 is 0. The Morgan fingerprint density at radius 2 is 1.94 bits per heavy atom. The van der Waals surface area contributed by atoms with Gasteiger partial charge in [-0.2, -0.15) is 0 Å². The highest BCUT2D eigenvalue weighted by Crippen LogP contribution is 2.42. The molecular formula is C28H36FN3O2. The number of aromatic nitrogens is 1. The maximum Gasteiger partial charge on any atom is 0.169 e. The summed E-state index contributed by atoms with van der Waals surface area (Å²) < 4.78 is 26.5. The molecule has 1 aromatic heterocycles. The summed E-state index contributed by atoms with van der Waals surface area (Å²) in [7, 11) is 0. The third-order valence-electron chi connectivity index (χ3n) is 7.62. The van der Waals surface area contributed by atoms with E-state index in [0.717, 1.165) is 29.7 Å². The molecule has 5 nitrogen and oxygen atoms in total. The first-order valence-electron chi connectivity index (χ1n) is 12.5. The highest BCUT2D eigenvalue weighted by Gasteiger charge is 2.45. The fourth-order valence-electron chi connectivity index (χ4n) is 5.35. The number of nitrogens with one attached hydrogen (secondary N) is 1. The standard InChI is InChI=1S/C28H36FN3O2/c1-4-24(30)18(2)14-34-21-11-9-20(10-12-21)27-26-23(22-7-5-6-8-25(22)31-26)13-19(3)32(27)15-28(29)16-33-17-28/h5-12,18-19,24,27,31H,4,13-17,30H2,1-3H3/t18-,19-,24?,27-/m1/s1. The minimum atomic E-state index is -1.28. The van der Waals surface area contributed by atoms with Gasteiger partial charge in [0.05, 0.1) is 25.9 Å². The van der Waals surface area contributed by atoms with Gasteiger partial charge in [0.1, 0.15) is 5.75 Å². The summed E-state index contributed by atoms with van der Waals surface area (Å²) in [6.07, 6.45) is 1.83. The molecule has 3 N–H and O–H groups in total. The Morgan fingerprint density at radius 1 is 1.21 bits per heavy atom. The lowest BCUT2D eigenvalue weighted by molar-refractivity contribution is -0.147. The number of hydrogen-bond donors (Lipinski definition) is 2. The van der Waals surface area contributed by atoms with Gasteiger partial charge >= 0.3 is 0 Å². The lowest BCUT2D eigenvalue weighted by atomic mass is 9.87. The van der Waals surface area contributed by atoms with Crippen molar-refractivity contribution in [1.82, 2.24) is 9.88 Å². The Hall–Kier alpha value is -2.41. The Kier molecular flexibility index (Phi) is 6.40. The largest absolute Gasteiger partial charge is 0.493 e. The molecule has 4 atom stereocenters. The van der Waals surface area contributed by atoms with Crippen molar-refractivity contribution in [3.63, 3.8) is 0 Å². The maximum absolute atomic E-state index is 15.3. The van der Waals surface area contributed by atoms with E-state index in [4.69, 9.17) is 15.2 Å². The number of alkyl halides is 1. The molecule has 0 radical (unpaired) electrons. The predicted octanol–water partition coefficient (Wildman–Crippen LogP) is 4.99. The third-order valence-corrected chi connectivity index (χ3v) is 7.62. The lowest BCUT2D eigenvalue weighted by Gasteiger charge is -2.46. The number of para-hydroxylation sites is 1. The second-order valence-corrected chi connectivity index (χ2v) is 10.3. The van der Waals surface area contributed by atoms with Gasteiger partial charge in [-0.25, -0.2) is 4.39 Å². The van der Waals surface area contributed by atoms with Crippen LogP contribution in [-0.2, 0) is 11.2 Å². The van der Waals surface area contributed by atoms with Crippen LogP contribution in [0.2, 0.25) is 0 Å². The monoisotopic (exact) mass is 465 g/mol. The van der Waals surface area contributed by atoms with E-state index in [0.29, 0.717) is 19.1 Å². The van der Waals surface area contributed by atoms with Crippen molar-refractivity contribution in [1.29, 1.82) is 0 Å². The smallest absolute Gasteiger partial charge is 0.169 e. The number of hydrogen-bond acceptors (Lipinski definition) is 4. The van der Waals surface area contributed by atoms with Crippen LogP contribution in [0.5, 0.6) is 5.75 Å². The average molecular weight is 466 g/mol. The van der Waals surface area contributed by atoms with Crippen molar-refractivity contribution in [2.24, 2.45) is 11.7 Å². The van der Waals surface area contributed by atoms with E-state index in [1.807, 2.05) is 12.1 Å². The minimum absolute atomic E-state index is 0.0548. The Balaban J connectivity index is 1.46. The first-order chi connectivity index (χ1) is 16.4. The molecule has 0 saturated carbocycles. The molecular weight excluding hydrogens is 429 g/mol. The van der Waals surface area contributed by atoms with E-state index in [1.54, 1.807) is 0 Å². The molecule has 6 heteroatoms. The van der Waals surface area contributed by atoms with E-state index >= 15 is 4.39 Å². The number of nitrogens with zero attached hydrogens (tertiary/aromatic N) is 1. The van der Waals surface area contributed by atoms with Gasteiger partial charge < -0.3 is 20.2 Å². The van der Waals surface area contributed by atoms with Crippen LogP contribution in [0.1, 0.15) is 50.1 Å². The van der Waals surface area contributed by atoms with Gasteiger partial charge in [-0.15, -0.1) is 0 Å². The summed E-state index contributed by atoms with van der Waals surface area (Å²) in [5.74, 6) is 1.12. The zero-order valence-electron chi connectivity index (χ0n) is 20.4. The number of H-pyrrole nitrogens is 1. The van der Waals surface area contributed by atoms with Crippen molar-refractivity contribution in [3.05, 3.63) is 65.4 Å². The molecule has 0 amide bonds. The number of benzene rings is 2. The molecule has 182 valence electrons. The van der Waals surface area contributed by atoms with Crippen LogP contribution in [0.4, 0.5) is 4.39 Å². The maximum atomic E-state index is 15.3. The van der Waals surface area contributed by atoms with Crippen LogP contribution in [0.15, 0.2) is 48.5 Å². The van der Waals surface area contributed by atoms with Crippen molar-refractivity contribution in [2.75, 3.05) is 26.4 Å². The van der Waals surface area contributed by atoms with Crippen LogP contribution < -0.4 is 10.5 Å². The van der Waals surface area contributed by atoms with Crippen molar-refractivity contribution < 1.29 is 13.9 Å². The summed E-state index contributed by atoms with van der Waals surface area (Å²) in [6.45, 7) is 7.73. The zero-order chi connectivity index (χ0) is 23.9. The molecule has 3 aromatic rings. The van der Waals surface area contributed by atoms with Crippen molar-refractivity contribution >= 4 is 10.9 Å². The fourth-order valence-corrected chi connectivity index (χ4v) is 5.35. The van der Waals surface area contributed by atoms with E-state index in [2.05, 4.69) is 67.1 Å². The first-order valence-corrected chi connectivity index (χ1v) is 12.5. The van der Waals surface area contributed by atoms with Crippen molar-refractivity contribution in [2.45, 2.75) is 57.4 Å². The second kappa shape index (κ2) is 9.33. The van der Waals surface area contributed by atoms with Gasteiger partial charge in [0.2, 0.25) is 0 Å². The quantitative estimate of drug-likeness (QED) is 0.492. The van der Waals surface area contributed by atoms with Crippen LogP contribution in [0.3, 0.4) is 0 Å². The topological polar surface area (TPSA) is 63.5 Å². The van der Waals surface area contributed by atoms with Gasteiger partial charge in [-0.1, -0.05) is 44.2 Å². The summed E-state index contributed by atoms with van der Waals surface area (Å²) in [5.41, 5.74) is 9.63. The summed E-state index contributed by atoms with van der Waals surface area (Å²) in [4.78, 5) is 5.97. The number of rotatable bonds is 8. The summed E-state index contributed by atoms with van der Waals surface area (Å²) in [5, 5.41) is 1.26. The molecule has 2 aliphatic heterocycles. The zero-order valence-corrected chi connectivity index (χ0v) is 20.4. The fraction of sp³-hybridized carbons (Fsp3) is 0.500. The molecule has 5 rings (SSSR count). The Bertz CT molecular complexity index is 1120. The molecule has 3 heterocycles. The summed E-state index contributed by atoms with van der Waals surface area (Å²) in [6, 6.07) is 17.0. The lowest BCUT2D eigenvalue weighted by Crippen LogP contribution is -2.57. The normalized spacial score (nSPS) is 23.8. The highest BCUT2D eigenvalue weighted by atomic mass is 19.1. The Morgan fingerprint density at radius 3 is 2.62 bits per heavy atom. The van der Waals surface area contributed by atoms with Crippen LogP contribution in [-0.4, -0.2) is 54.0 Å². The molecule has 1 fully saturated rings. The molecule has 0 aliphatic carbocycles. The average Bonchev–Trinajstić information content (AvgIpc) is 3.19. The third kappa shape index (κ3) is 4.35. The SMILES string of the molecule is CCC(N)[C@H](C)COc1ccc([C@@H]2c3[nH]c4ccccc4c3C[C@@H](C)N2CC2(F)COC2)cc1. The molecule has 2 aliphatic rings. The van der Waals surface area contributed by atoms with E-state index < -0.39 is 5.67 Å². The second-order valence-electron chi connectivity index (χ2n) is 10.3. The number of ether oxygens (including phenoxy) is 2. The first kappa shape index (κ1) is 23.3. The van der Waals surface area contributed by atoms with Crippen LogP contribution >= 0.6 is 0 Å². The van der Waals surface area contributed by atoms with Crippen molar-refractivity contribution in [3.8, 4) is 5.75 Å². The molecule has 0 bridgehead atoms. The molecule has 2 aromatic carbocycles. The number of halogens is 1. The van der Waals surface area contributed by atoms with Gasteiger partial charge in [0, 0.05) is 41.1 Å². The predicted molar refractivity (Wildman–Crippen MR) is 134 cm³/mol. The minimum Gasteiger partial charge on any atom is -0.493 e. The van der Waals surface area contributed by atoms with E-state index in [1.165, 1.54) is 16.6 Å². The molecule has 0 spiro atoms. The number of fused-ring (bicyclic) bond motifs is 3. The van der Waals surface area contributed by atoms with Crippen LogP contribution in [0, 0.1) is 5.92 Å². The Labute approximate surface area is 201 Å². The van der Waals surface area contributed by atoms with Gasteiger partial charge in [-0.3, -0.25) is 4.90 Å². The van der Waals surface area contributed by atoms with E-state index in [9.17, 15) is 0 Å². The van der Waals surface area contributed by atoms with E-state index in [-0.39, 0.29) is 31.3 Å². The number of nitrogens with two attached hydrogens (primary N) is 1. The number of aromatic amines is 1. The van der Waals surface area contributed by atoms with Gasteiger partial charge in [0.25, 0.3) is 0 Å². The molecule has 1 saturated heterocycles. The van der Waals surface area contributed by atoms with Crippen LogP contribution in [0.25, 0.3) is 10.9 Å². The molecule has 34 heavy (non-hydrogen) atoms. The van der Waals surface area contributed by atoms with Gasteiger partial charge in [-0.05, 0) is 49.1 Å². The highest BCUT2D eigenvalue weighted by molar-refractivity contribution is 5.85.